The van der Waals surface area contributed by atoms with Crippen LogP contribution in [-0.4, -0.2) is 39.4 Å². The van der Waals surface area contributed by atoms with E-state index in [0.717, 1.165) is 25.4 Å². The Morgan fingerprint density at radius 2 is 1.74 bits per heavy atom. The Hall–Kier alpha value is -1.40. The van der Waals surface area contributed by atoms with E-state index < -0.39 is 10.0 Å². The summed E-state index contributed by atoms with van der Waals surface area (Å²) in [5.74, 6) is 1.45. The molecule has 0 aromatic heterocycles. The zero-order chi connectivity index (χ0) is 16.4. The normalized spacial score (nSPS) is 25.0. The first kappa shape index (κ1) is 16.5. The molecule has 1 aromatic carbocycles. The fraction of sp³-hybridized carbons (Fsp3) is 0.588. The van der Waals surface area contributed by atoms with Crippen molar-refractivity contribution in [2.75, 3.05) is 20.1 Å². The minimum atomic E-state index is -3.46. The Kier molecular flexibility index (Phi) is 4.73. The molecule has 6 heteroatoms. The van der Waals surface area contributed by atoms with Crippen LogP contribution >= 0.6 is 0 Å². The van der Waals surface area contributed by atoms with Gasteiger partial charge in [0.2, 0.25) is 10.0 Å². The topological polar surface area (TPSA) is 66.5 Å². The van der Waals surface area contributed by atoms with Crippen molar-refractivity contribution in [2.45, 2.75) is 37.0 Å². The van der Waals surface area contributed by atoms with Crippen molar-refractivity contribution in [3.05, 3.63) is 29.8 Å². The number of hydrogen-bond acceptors (Lipinski definition) is 3. The Balaban J connectivity index is 1.71. The first-order valence-corrected chi connectivity index (χ1v) is 9.82. The summed E-state index contributed by atoms with van der Waals surface area (Å²) in [6.07, 6.45) is 6.25. The Bertz CT molecular complexity index is 670. The van der Waals surface area contributed by atoms with Crippen LogP contribution in [0.25, 0.3) is 0 Å². The average molecular weight is 336 g/mol. The van der Waals surface area contributed by atoms with Crippen molar-refractivity contribution in [3.63, 3.8) is 0 Å². The minimum absolute atomic E-state index is 0.0161. The summed E-state index contributed by atoms with van der Waals surface area (Å²) in [6.45, 7) is 1.66. The lowest BCUT2D eigenvalue weighted by molar-refractivity contribution is 0.0521. The van der Waals surface area contributed by atoms with Crippen molar-refractivity contribution in [2.24, 2.45) is 11.8 Å². The van der Waals surface area contributed by atoms with E-state index in [2.05, 4.69) is 4.72 Å². The van der Waals surface area contributed by atoms with Gasteiger partial charge in [-0.05, 0) is 56.0 Å². The molecule has 1 amide bonds. The fourth-order valence-corrected chi connectivity index (χ4v) is 4.59. The molecule has 0 radical (unpaired) electrons. The van der Waals surface area contributed by atoms with Gasteiger partial charge in [-0.3, -0.25) is 4.79 Å². The number of nitrogens with zero attached hydrogens (tertiary/aromatic N) is 1. The molecule has 1 saturated carbocycles. The zero-order valence-corrected chi connectivity index (χ0v) is 14.3. The second-order valence-electron chi connectivity index (χ2n) is 6.58. The molecule has 1 saturated heterocycles. The number of hydrogen-bond donors (Lipinski definition) is 1. The van der Waals surface area contributed by atoms with E-state index in [4.69, 9.17) is 0 Å². The third-order valence-corrected chi connectivity index (χ3v) is 6.69. The van der Waals surface area contributed by atoms with Gasteiger partial charge in [0.1, 0.15) is 0 Å². The van der Waals surface area contributed by atoms with Crippen molar-refractivity contribution in [1.82, 2.24) is 9.62 Å². The molecule has 2 atom stereocenters. The molecule has 1 aromatic rings. The van der Waals surface area contributed by atoms with Crippen molar-refractivity contribution < 1.29 is 13.2 Å². The van der Waals surface area contributed by atoms with Crippen LogP contribution in [0.5, 0.6) is 0 Å². The van der Waals surface area contributed by atoms with Crippen LogP contribution in [0.15, 0.2) is 29.2 Å². The molecular formula is C17H24N2O3S. The van der Waals surface area contributed by atoms with Crippen LogP contribution in [0.4, 0.5) is 0 Å². The number of piperidine rings is 1. The van der Waals surface area contributed by atoms with Crippen LogP contribution in [0.1, 0.15) is 42.5 Å². The summed E-state index contributed by atoms with van der Waals surface area (Å²) in [7, 11) is -2.08. The molecule has 1 aliphatic heterocycles. The van der Waals surface area contributed by atoms with Gasteiger partial charge in [-0.25, -0.2) is 13.1 Å². The van der Waals surface area contributed by atoms with Crippen LogP contribution in [0.2, 0.25) is 0 Å². The minimum Gasteiger partial charge on any atom is -0.338 e. The predicted octanol–water partition coefficient (Wildman–Crippen LogP) is 2.25. The zero-order valence-electron chi connectivity index (χ0n) is 13.5. The standard InChI is InChI=1S/C17H24N2O3S/c1-18-23(21,22)16-8-6-14(7-9-16)17(20)19-11-10-13-4-2-3-5-15(13)12-19/h6-9,13,15,18H,2-5,10-12H2,1H3/t13-,15+/m0/s1. The molecule has 3 rings (SSSR count). The Labute approximate surface area is 138 Å². The number of fused-ring (bicyclic) bond motifs is 1. The van der Waals surface area contributed by atoms with Gasteiger partial charge in [0.05, 0.1) is 4.90 Å². The van der Waals surface area contributed by atoms with Crippen molar-refractivity contribution in [3.8, 4) is 0 Å². The van der Waals surface area contributed by atoms with E-state index in [1.165, 1.54) is 44.9 Å². The SMILES string of the molecule is CNS(=O)(=O)c1ccc(C(=O)N2CC[C@@H]3CCCC[C@@H]3C2)cc1. The maximum absolute atomic E-state index is 12.7. The van der Waals surface area contributed by atoms with E-state index in [-0.39, 0.29) is 10.8 Å². The largest absolute Gasteiger partial charge is 0.338 e. The smallest absolute Gasteiger partial charge is 0.253 e. The number of sulfonamides is 1. The molecule has 0 bridgehead atoms. The third kappa shape index (κ3) is 3.43. The summed E-state index contributed by atoms with van der Waals surface area (Å²) >= 11 is 0. The molecule has 1 N–H and O–H groups in total. The van der Waals surface area contributed by atoms with Crippen LogP contribution in [-0.2, 0) is 10.0 Å². The second-order valence-corrected chi connectivity index (χ2v) is 8.46. The number of carbonyl (C=O) groups excluding carboxylic acids is 1. The summed E-state index contributed by atoms with van der Waals surface area (Å²) in [5, 5.41) is 0. The number of amides is 1. The second kappa shape index (κ2) is 6.61. The van der Waals surface area contributed by atoms with Gasteiger partial charge >= 0.3 is 0 Å². The Morgan fingerprint density at radius 1 is 1.09 bits per heavy atom. The van der Waals surface area contributed by atoms with Gasteiger partial charge in [0, 0.05) is 18.7 Å². The summed E-state index contributed by atoms with van der Waals surface area (Å²) in [6, 6.07) is 6.21. The molecule has 23 heavy (non-hydrogen) atoms. The number of carbonyl (C=O) groups is 1. The fourth-order valence-electron chi connectivity index (χ4n) is 3.86. The molecular weight excluding hydrogens is 312 g/mol. The van der Waals surface area contributed by atoms with E-state index in [1.54, 1.807) is 12.1 Å². The molecule has 2 fully saturated rings. The maximum atomic E-state index is 12.7. The van der Waals surface area contributed by atoms with Gasteiger partial charge in [-0.15, -0.1) is 0 Å². The lowest BCUT2D eigenvalue weighted by Gasteiger charge is -2.41. The molecule has 0 spiro atoms. The molecule has 1 aliphatic carbocycles. The monoisotopic (exact) mass is 336 g/mol. The summed E-state index contributed by atoms with van der Waals surface area (Å²) < 4.78 is 25.7. The number of nitrogens with one attached hydrogen (secondary N) is 1. The summed E-state index contributed by atoms with van der Waals surface area (Å²) in [4.78, 5) is 14.8. The van der Waals surface area contributed by atoms with E-state index >= 15 is 0 Å². The summed E-state index contributed by atoms with van der Waals surface area (Å²) in [5.41, 5.74) is 0.564. The molecule has 0 unspecified atom stereocenters. The van der Waals surface area contributed by atoms with Crippen LogP contribution in [0.3, 0.4) is 0 Å². The molecule has 1 heterocycles. The van der Waals surface area contributed by atoms with Gasteiger partial charge in [-0.1, -0.05) is 19.3 Å². The van der Waals surface area contributed by atoms with Gasteiger partial charge in [-0.2, -0.15) is 0 Å². The Morgan fingerprint density at radius 3 is 2.39 bits per heavy atom. The number of benzene rings is 1. The molecule has 126 valence electrons. The van der Waals surface area contributed by atoms with Crippen molar-refractivity contribution >= 4 is 15.9 Å². The van der Waals surface area contributed by atoms with E-state index in [0.29, 0.717) is 11.5 Å². The van der Waals surface area contributed by atoms with Crippen molar-refractivity contribution in [1.29, 1.82) is 0 Å². The average Bonchev–Trinajstić information content (AvgIpc) is 2.60. The number of rotatable bonds is 3. The highest BCUT2D eigenvalue weighted by molar-refractivity contribution is 7.89. The van der Waals surface area contributed by atoms with Gasteiger partial charge < -0.3 is 4.90 Å². The van der Waals surface area contributed by atoms with Crippen LogP contribution in [0, 0.1) is 11.8 Å². The molecule has 2 aliphatic rings. The van der Waals surface area contributed by atoms with E-state index in [1.807, 2.05) is 4.90 Å². The van der Waals surface area contributed by atoms with Gasteiger partial charge in [0.25, 0.3) is 5.91 Å². The highest BCUT2D eigenvalue weighted by Gasteiger charge is 2.33. The lowest BCUT2D eigenvalue weighted by atomic mass is 9.75. The highest BCUT2D eigenvalue weighted by atomic mass is 32.2. The predicted molar refractivity (Wildman–Crippen MR) is 88.7 cm³/mol. The lowest BCUT2D eigenvalue weighted by Crippen LogP contribution is -2.44. The quantitative estimate of drug-likeness (QED) is 0.920. The first-order valence-electron chi connectivity index (χ1n) is 8.34. The molecule has 5 nitrogen and oxygen atoms in total. The first-order chi connectivity index (χ1) is 11.0. The van der Waals surface area contributed by atoms with Gasteiger partial charge in [0.15, 0.2) is 0 Å². The third-order valence-electron chi connectivity index (χ3n) is 5.26. The highest BCUT2D eigenvalue weighted by Crippen LogP contribution is 2.36. The maximum Gasteiger partial charge on any atom is 0.253 e. The van der Waals surface area contributed by atoms with Crippen LogP contribution < -0.4 is 4.72 Å². The number of likely N-dealkylation sites (tertiary alicyclic amines) is 1. The van der Waals surface area contributed by atoms with E-state index in [9.17, 15) is 13.2 Å².